The third-order valence-corrected chi connectivity index (χ3v) is 5.79. The quantitative estimate of drug-likeness (QED) is 0.566. The SMILES string of the molecule is Cc1ccc(S(=O)(=O)Oc2ccccc2CNc2ccc(C)c(Cl)c2)cc1. The molecule has 0 saturated heterocycles. The molecule has 140 valence electrons. The number of hydrogen-bond acceptors (Lipinski definition) is 4. The molecule has 0 heterocycles. The van der Waals surface area contributed by atoms with Gasteiger partial charge in [0, 0.05) is 22.8 Å². The highest BCUT2D eigenvalue weighted by atomic mass is 35.5. The van der Waals surface area contributed by atoms with Crippen molar-refractivity contribution in [2.24, 2.45) is 0 Å². The largest absolute Gasteiger partial charge is 0.381 e. The van der Waals surface area contributed by atoms with Gasteiger partial charge in [0.15, 0.2) is 0 Å². The minimum Gasteiger partial charge on any atom is -0.381 e. The average molecular weight is 402 g/mol. The number of aryl methyl sites for hydroxylation is 2. The van der Waals surface area contributed by atoms with Gasteiger partial charge in [-0.3, -0.25) is 0 Å². The van der Waals surface area contributed by atoms with E-state index in [4.69, 9.17) is 15.8 Å². The van der Waals surface area contributed by atoms with E-state index in [2.05, 4.69) is 5.32 Å². The molecule has 0 aliphatic heterocycles. The number of para-hydroxylation sites is 1. The molecule has 3 aromatic carbocycles. The van der Waals surface area contributed by atoms with E-state index in [0.717, 1.165) is 22.4 Å². The minimum absolute atomic E-state index is 0.126. The van der Waals surface area contributed by atoms with Crippen molar-refractivity contribution < 1.29 is 12.6 Å². The van der Waals surface area contributed by atoms with Gasteiger partial charge in [-0.05, 0) is 49.7 Å². The van der Waals surface area contributed by atoms with Crippen molar-refractivity contribution in [1.29, 1.82) is 0 Å². The van der Waals surface area contributed by atoms with Gasteiger partial charge >= 0.3 is 10.1 Å². The number of halogens is 1. The highest BCUT2D eigenvalue weighted by Crippen LogP contribution is 2.25. The van der Waals surface area contributed by atoms with Gasteiger partial charge in [0.25, 0.3) is 0 Å². The minimum atomic E-state index is -3.90. The van der Waals surface area contributed by atoms with Crippen LogP contribution in [0.15, 0.2) is 71.6 Å². The molecule has 0 amide bonds. The van der Waals surface area contributed by atoms with Crippen molar-refractivity contribution in [2.75, 3.05) is 5.32 Å². The molecule has 3 rings (SSSR count). The lowest BCUT2D eigenvalue weighted by atomic mass is 10.2. The fourth-order valence-electron chi connectivity index (χ4n) is 2.50. The predicted molar refractivity (Wildman–Crippen MR) is 109 cm³/mol. The summed E-state index contributed by atoms with van der Waals surface area (Å²) in [5.74, 6) is 0.295. The Bertz CT molecular complexity index is 1050. The van der Waals surface area contributed by atoms with Gasteiger partial charge in [0.1, 0.15) is 10.6 Å². The fourth-order valence-corrected chi connectivity index (χ4v) is 3.65. The molecule has 0 saturated carbocycles. The summed E-state index contributed by atoms with van der Waals surface area (Å²) in [7, 11) is -3.90. The van der Waals surface area contributed by atoms with E-state index in [9.17, 15) is 8.42 Å². The van der Waals surface area contributed by atoms with Crippen LogP contribution in [0.5, 0.6) is 5.75 Å². The molecule has 3 aromatic rings. The van der Waals surface area contributed by atoms with Crippen LogP contribution in [0.4, 0.5) is 5.69 Å². The molecule has 1 N–H and O–H groups in total. The number of benzene rings is 3. The van der Waals surface area contributed by atoms with Gasteiger partial charge in [-0.15, -0.1) is 0 Å². The number of nitrogens with one attached hydrogen (secondary N) is 1. The van der Waals surface area contributed by atoms with Crippen molar-refractivity contribution in [3.63, 3.8) is 0 Å². The van der Waals surface area contributed by atoms with Crippen molar-refractivity contribution in [2.45, 2.75) is 25.3 Å². The fraction of sp³-hybridized carbons (Fsp3) is 0.143. The Balaban J connectivity index is 1.79. The Morgan fingerprint density at radius 2 is 1.67 bits per heavy atom. The van der Waals surface area contributed by atoms with Gasteiger partial charge < -0.3 is 9.50 Å². The molecule has 27 heavy (non-hydrogen) atoms. The molecule has 0 aliphatic rings. The van der Waals surface area contributed by atoms with Crippen LogP contribution >= 0.6 is 11.6 Å². The van der Waals surface area contributed by atoms with Crippen LogP contribution in [0.3, 0.4) is 0 Å². The predicted octanol–water partition coefficient (Wildman–Crippen LogP) is 5.34. The number of anilines is 1. The van der Waals surface area contributed by atoms with E-state index in [1.807, 2.05) is 44.2 Å². The van der Waals surface area contributed by atoms with Gasteiger partial charge in [-0.25, -0.2) is 0 Å². The van der Waals surface area contributed by atoms with E-state index in [1.165, 1.54) is 0 Å². The van der Waals surface area contributed by atoms with Gasteiger partial charge in [0.2, 0.25) is 0 Å². The highest BCUT2D eigenvalue weighted by Gasteiger charge is 2.18. The maximum atomic E-state index is 12.6. The lowest BCUT2D eigenvalue weighted by molar-refractivity contribution is 0.483. The molecule has 0 radical (unpaired) electrons. The second kappa shape index (κ2) is 8.03. The van der Waals surface area contributed by atoms with Crippen LogP contribution in [0.25, 0.3) is 0 Å². The Kier molecular flexibility index (Phi) is 5.73. The normalized spacial score (nSPS) is 11.2. The Morgan fingerprint density at radius 3 is 2.37 bits per heavy atom. The molecule has 0 spiro atoms. The maximum absolute atomic E-state index is 12.6. The average Bonchev–Trinajstić information content (AvgIpc) is 2.64. The summed E-state index contributed by atoms with van der Waals surface area (Å²) in [4.78, 5) is 0.126. The Hall–Kier alpha value is -2.50. The lowest BCUT2D eigenvalue weighted by Crippen LogP contribution is -2.12. The van der Waals surface area contributed by atoms with Crippen LogP contribution in [0.2, 0.25) is 5.02 Å². The molecule has 0 bridgehead atoms. The molecule has 0 fully saturated rings. The van der Waals surface area contributed by atoms with Crippen molar-refractivity contribution in [1.82, 2.24) is 0 Å². The van der Waals surface area contributed by atoms with Crippen molar-refractivity contribution in [3.8, 4) is 5.75 Å². The van der Waals surface area contributed by atoms with Crippen LogP contribution in [0, 0.1) is 13.8 Å². The smallest absolute Gasteiger partial charge is 0.339 e. The zero-order valence-electron chi connectivity index (χ0n) is 15.1. The van der Waals surface area contributed by atoms with Gasteiger partial charge in [-0.1, -0.05) is 53.6 Å². The first-order valence-corrected chi connectivity index (χ1v) is 10.2. The molecule has 0 aliphatic carbocycles. The van der Waals surface area contributed by atoms with Crippen molar-refractivity contribution >= 4 is 27.4 Å². The van der Waals surface area contributed by atoms with E-state index >= 15 is 0 Å². The first-order valence-electron chi connectivity index (χ1n) is 8.44. The molecular weight excluding hydrogens is 382 g/mol. The molecular formula is C21H20ClNO3S. The molecule has 4 nitrogen and oxygen atoms in total. The highest BCUT2D eigenvalue weighted by molar-refractivity contribution is 7.87. The maximum Gasteiger partial charge on any atom is 0.339 e. The number of hydrogen-bond donors (Lipinski definition) is 1. The van der Waals surface area contributed by atoms with E-state index in [1.54, 1.807) is 36.4 Å². The molecule has 0 atom stereocenters. The molecule has 6 heteroatoms. The van der Waals surface area contributed by atoms with Crippen LogP contribution in [-0.4, -0.2) is 8.42 Å². The monoisotopic (exact) mass is 401 g/mol. The zero-order valence-corrected chi connectivity index (χ0v) is 16.6. The second-order valence-corrected chi connectivity index (χ2v) is 8.23. The van der Waals surface area contributed by atoms with E-state index < -0.39 is 10.1 Å². The lowest BCUT2D eigenvalue weighted by Gasteiger charge is -2.13. The molecule has 0 aromatic heterocycles. The third kappa shape index (κ3) is 4.81. The summed E-state index contributed by atoms with van der Waals surface area (Å²) in [5, 5.41) is 3.92. The van der Waals surface area contributed by atoms with E-state index in [-0.39, 0.29) is 4.90 Å². The van der Waals surface area contributed by atoms with Crippen LogP contribution < -0.4 is 9.50 Å². The first kappa shape index (κ1) is 19.3. The summed E-state index contributed by atoms with van der Waals surface area (Å²) in [6.07, 6.45) is 0. The van der Waals surface area contributed by atoms with E-state index in [0.29, 0.717) is 17.3 Å². The standard InChI is InChI=1S/C21H20ClNO3S/c1-15-7-11-19(12-8-15)27(24,25)26-21-6-4-3-5-17(21)14-23-18-10-9-16(2)20(22)13-18/h3-13,23H,14H2,1-2H3. The van der Waals surface area contributed by atoms with Crippen LogP contribution in [0.1, 0.15) is 16.7 Å². The Labute approximate surface area is 164 Å². The summed E-state index contributed by atoms with van der Waals surface area (Å²) in [6.45, 7) is 4.24. The Morgan fingerprint density at radius 1 is 0.963 bits per heavy atom. The summed E-state index contributed by atoms with van der Waals surface area (Å²) in [5.41, 5.74) is 3.55. The summed E-state index contributed by atoms with van der Waals surface area (Å²) < 4.78 is 30.5. The molecule has 0 unspecified atom stereocenters. The summed E-state index contributed by atoms with van der Waals surface area (Å²) in [6, 6.07) is 19.3. The van der Waals surface area contributed by atoms with Gasteiger partial charge in [-0.2, -0.15) is 8.42 Å². The first-order chi connectivity index (χ1) is 12.8. The summed E-state index contributed by atoms with van der Waals surface area (Å²) >= 11 is 6.15. The van der Waals surface area contributed by atoms with Crippen molar-refractivity contribution in [3.05, 3.63) is 88.4 Å². The zero-order chi connectivity index (χ0) is 19.4. The van der Waals surface area contributed by atoms with Gasteiger partial charge in [0.05, 0.1) is 0 Å². The second-order valence-electron chi connectivity index (χ2n) is 6.28. The van der Waals surface area contributed by atoms with Crippen LogP contribution in [-0.2, 0) is 16.7 Å². The third-order valence-electron chi connectivity index (χ3n) is 4.14. The number of rotatable bonds is 6. The topological polar surface area (TPSA) is 55.4 Å².